The molecule has 140 valence electrons. The third-order valence-corrected chi connectivity index (χ3v) is 4.74. The van der Waals surface area contributed by atoms with Gasteiger partial charge in [-0.05, 0) is 57.2 Å². The van der Waals surface area contributed by atoms with Gasteiger partial charge in [-0.2, -0.15) is 5.09 Å². The molecule has 2 rings (SSSR count). The van der Waals surface area contributed by atoms with Crippen LogP contribution in [0.2, 0.25) is 0 Å². The summed E-state index contributed by atoms with van der Waals surface area (Å²) in [6, 6.07) is 14.0. The van der Waals surface area contributed by atoms with Gasteiger partial charge in [0.1, 0.15) is 17.5 Å². The number of nitrogens with two attached hydrogens (primary N) is 1. The number of nitrogen functional groups attached to an aromatic ring is 1. The molecule has 1 unspecified atom stereocenters. The average Bonchev–Trinajstić information content (AvgIpc) is 2.57. The second kappa shape index (κ2) is 8.74. The normalized spacial score (nSPS) is 14.3. The molecule has 0 aliphatic heterocycles. The van der Waals surface area contributed by atoms with E-state index >= 15 is 0 Å². The minimum atomic E-state index is -3.92. The van der Waals surface area contributed by atoms with Gasteiger partial charge in [-0.25, -0.2) is 4.57 Å². The Morgan fingerprint density at radius 3 is 2.04 bits per heavy atom. The summed E-state index contributed by atoms with van der Waals surface area (Å²) in [7, 11) is -3.92. The number of carbonyl (C=O) groups is 1. The quantitative estimate of drug-likeness (QED) is 0.410. The van der Waals surface area contributed by atoms with Crippen molar-refractivity contribution in [1.82, 2.24) is 5.09 Å². The molecule has 8 heteroatoms. The lowest BCUT2D eigenvalue weighted by atomic mass is 10.3. The number of ether oxygens (including phenoxy) is 1. The maximum Gasteiger partial charge on any atom is 0.513 e. The van der Waals surface area contributed by atoms with Gasteiger partial charge in [0.25, 0.3) is 0 Å². The fourth-order valence-electron chi connectivity index (χ4n) is 1.98. The van der Waals surface area contributed by atoms with E-state index in [0.717, 1.165) is 0 Å². The number of nitrogens with one attached hydrogen (secondary N) is 1. The van der Waals surface area contributed by atoms with Crippen LogP contribution in [-0.2, 0) is 14.1 Å². The van der Waals surface area contributed by atoms with Crippen molar-refractivity contribution in [2.45, 2.75) is 32.9 Å². The van der Waals surface area contributed by atoms with Gasteiger partial charge in [0, 0.05) is 5.69 Å². The molecule has 0 bridgehead atoms. The van der Waals surface area contributed by atoms with Gasteiger partial charge >= 0.3 is 13.7 Å². The predicted octanol–water partition coefficient (Wildman–Crippen LogP) is 3.76. The molecule has 2 atom stereocenters. The van der Waals surface area contributed by atoms with Crippen LogP contribution >= 0.6 is 7.75 Å². The van der Waals surface area contributed by atoms with Crippen LogP contribution < -0.4 is 19.9 Å². The summed E-state index contributed by atoms with van der Waals surface area (Å²) in [5.41, 5.74) is 6.19. The van der Waals surface area contributed by atoms with E-state index in [1.54, 1.807) is 68.4 Å². The number of carbonyl (C=O) groups excluding carboxylic acids is 1. The van der Waals surface area contributed by atoms with Crippen molar-refractivity contribution < 1.29 is 23.1 Å². The number of para-hydroxylation sites is 1. The molecule has 0 heterocycles. The van der Waals surface area contributed by atoms with Gasteiger partial charge in [-0.3, -0.25) is 4.79 Å². The molecule has 0 saturated carbocycles. The molecule has 2 aromatic carbocycles. The molecule has 7 nitrogen and oxygen atoms in total. The van der Waals surface area contributed by atoms with Crippen molar-refractivity contribution in [1.29, 1.82) is 0 Å². The van der Waals surface area contributed by atoms with Crippen LogP contribution in [0.1, 0.15) is 20.8 Å². The SMILES string of the molecule is CC(C)OC(=O)[C@H](C)NP(=O)(Oc1ccccc1)Oc1ccc(N)cc1. The number of esters is 1. The Morgan fingerprint density at radius 1 is 0.962 bits per heavy atom. The van der Waals surface area contributed by atoms with Crippen molar-refractivity contribution in [2.24, 2.45) is 0 Å². The first-order chi connectivity index (χ1) is 12.3. The summed E-state index contributed by atoms with van der Waals surface area (Å²) >= 11 is 0. The van der Waals surface area contributed by atoms with Gasteiger partial charge in [0.05, 0.1) is 6.10 Å². The van der Waals surface area contributed by atoms with Crippen molar-refractivity contribution in [2.75, 3.05) is 5.73 Å². The number of rotatable bonds is 8. The molecule has 26 heavy (non-hydrogen) atoms. The van der Waals surface area contributed by atoms with Crippen LogP contribution in [0.3, 0.4) is 0 Å². The van der Waals surface area contributed by atoms with E-state index in [1.807, 2.05) is 0 Å². The topological polar surface area (TPSA) is 99.9 Å². The zero-order valence-corrected chi connectivity index (χ0v) is 15.8. The number of hydrogen-bond acceptors (Lipinski definition) is 6. The van der Waals surface area contributed by atoms with Crippen LogP contribution in [0.25, 0.3) is 0 Å². The highest BCUT2D eigenvalue weighted by atomic mass is 31.2. The van der Waals surface area contributed by atoms with E-state index in [-0.39, 0.29) is 11.9 Å². The lowest BCUT2D eigenvalue weighted by Gasteiger charge is -2.23. The zero-order valence-electron chi connectivity index (χ0n) is 14.9. The molecule has 3 N–H and O–H groups in total. The Morgan fingerprint density at radius 2 is 1.50 bits per heavy atom. The first-order valence-corrected chi connectivity index (χ1v) is 9.70. The van der Waals surface area contributed by atoms with Crippen molar-refractivity contribution in [3.63, 3.8) is 0 Å². The first-order valence-electron chi connectivity index (χ1n) is 8.15. The lowest BCUT2D eigenvalue weighted by Crippen LogP contribution is -2.36. The first kappa shape index (κ1) is 19.8. The summed E-state index contributed by atoms with van der Waals surface area (Å²) in [5, 5.41) is 2.62. The van der Waals surface area contributed by atoms with Crippen LogP contribution in [-0.4, -0.2) is 18.1 Å². The van der Waals surface area contributed by atoms with Crippen LogP contribution in [0.5, 0.6) is 11.5 Å². The van der Waals surface area contributed by atoms with E-state index in [2.05, 4.69) is 5.09 Å². The Balaban J connectivity index is 2.21. The molecule has 0 amide bonds. The Bertz CT molecular complexity index is 765. The lowest BCUT2D eigenvalue weighted by molar-refractivity contribution is -0.149. The number of benzene rings is 2. The van der Waals surface area contributed by atoms with E-state index < -0.39 is 19.8 Å². The second-order valence-corrected chi connectivity index (χ2v) is 7.52. The summed E-state index contributed by atoms with van der Waals surface area (Å²) in [4.78, 5) is 12.0. The molecule has 0 saturated heterocycles. The van der Waals surface area contributed by atoms with E-state index in [1.165, 1.54) is 6.92 Å². The molecule has 2 aromatic rings. The zero-order chi connectivity index (χ0) is 19.2. The van der Waals surface area contributed by atoms with Crippen molar-refractivity contribution in [3.05, 3.63) is 54.6 Å². The van der Waals surface area contributed by atoms with Gasteiger partial charge in [-0.15, -0.1) is 0 Å². The minimum Gasteiger partial charge on any atom is -0.462 e. The third-order valence-electron chi connectivity index (χ3n) is 3.13. The smallest absolute Gasteiger partial charge is 0.462 e. The van der Waals surface area contributed by atoms with Gasteiger partial charge in [0.2, 0.25) is 0 Å². The number of anilines is 1. The maximum absolute atomic E-state index is 13.2. The summed E-state index contributed by atoms with van der Waals surface area (Å²) < 4.78 is 29.5. The number of hydrogen-bond donors (Lipinski definition) is 2. The minimum absolute atomic E-state index is 0.287. The van der Waals surface area contributed by atoms with Crippen molar-refractivity contribution in [3.8, 4) is 11.5 Å². The molecular weight excluding hydrogens is 355 g/mol. The van der Waals surface area contributed by atoms with E-state index in [9.17, 15) is 9.36 Å². The molecule has 0 radical (unpaired) electrons. The second-order valence-electron chi connectivity index (χ2n) is 5.90. The molecule has 0 aliphatic carbocycles. The third kappa shape index (κ3) is 6.10. The molecule has 0 aliphatic rings. The van der Waals surface area contributed by atoms with Gasteiger partial charge in [-0.1, -0.05) is 18.2 Å². The predicted molar refractivity (Wildman–Crippen MR) is 100.0 cm³/mol. The molecular formula is C18H23N2O5P. The molecule has 0 spiro atoms. The highest BCUT2D eigenvalue weighted by Gasteiger charge is 2.34. The summed E-state index contributed by atoms with van der Waals surface area (Å²) in [6.45, 7) is 4.99. The highest BCUT2D eigenvalue weighted by Crippen LogP contribution is 2.45. The van der Waals surface area contributed by atoms with Crippen LogP contribution in [0.4, 0.5) is 5.69 Å². The van der Waals surface area contributed by atoms with Gasteiger partial charge in [0.15, 0.2) is 0 Å². The van der Waals surface area contributed by atoms with E-state index in [4.69, 9.17) is 19.5 Å². The maximum atomic E-state index is 13.2. The highest BCUT2D eigenvalue weighted by molar-refractivity contribution is 7.52. The fourth-order valence-corrected chi connectivity index (χ4v) is 3.50. The molecule has 0 fully saturated rings. The standard InChI is InChI=1S/C18H23N2O5P/c1-13(2)23-18(21)14(3)20-26(22,24-16-7-5-4-6-8-16)25-17-11-9-15(19)10-12-17/h4-14H,19H2,1-3H3,(H,20,22)/t14-,26?/m0/s1. The van der Waals surface area contributed by atoms with Gasteiger partial charge < -0.3 is 19.5 Å². The van der Waals surface area contributed by atoms with Crippen LogP contribution in [0, 0.1) is 0 Å². The monoisotopic (exact) mass is 378 g/mol. The largest absolute Gasteiger partial charge is 0.513 e. The van der Waals surface area contributed by atoms with Crippen LogP contribution in [0.15, 0.2) is 54.6 Å². The summed E-state index contributed by atoms with van der Waals surface area (Å²) in [5.74, 6) is 0.0661. The Hall–Kier alpha value is -2.50. The average molecular weight is 378 g/mol. The fraction of sp³-hybridized carbons (Fsp3) is 0.278. The van der Waals surface area contributed by atoms with Crippen molar-refractivity contribution >= 4 is 19.4 Å². The molecule has 0 aromatic heterocycles. The Labute approximate surface area is 153 Å². The van der Waals surface area contributed by atoms with E-state index in [0.29, 0.717) is 11.4 Å². The Kier molecular flexibility index (Phi) is 6.66. The summed E-state index contributed by atoms with van der Waals surface area (Å²) in [6.07, 6.45) is -0.292.